The lowest BCUT2D eigenvalue weighted by Crippen LogP contribution is -2.38. The average Bonchev–Trinajstić information content (AvgIpc) is 2.76. The second kappa shape index (κ2) is 5.40. The van der Waals surface area contributed by atoms with Gasteiger partial charge < -0.3 is 15.8 Å². The molecule has 1 aromatic carbocycles. The monoisotopic (exact) mass is 248 g/mol. The summed E-state index contributed by atoms with van der Waals surface area (Å²) in [5, 5.41) is 2.97. The zero-order valence-corrected chi connectivity index (χ0v) is 10.8. The zero-order valence-electron chi connectivity index (χ0n) is 10.8. The number of ether oxygens (including phenoxy) is 1. The molecule has 1 amide bonds. The molecule has 3 atom stereocenters. The molecule has 0 aliphatic carbocycles. The van der Waals surface area contributed by atoms with Crippen LogP contribution < -0.4 is 11.1 Å². The molecule has 0 radical (unpaired) electrons. The van der Waals surface area contributed by atoms with Gasteiger partial charge >= 0.3 is 0 Å². The van der Waals surface area contributed by atoms with Crippen molar-refractivity contribution in [2.45, 2.75) is 32.4 Å². The Bertz CT molecular complexity index is 434. The summed E-state index contributed by atoms with van der Waals surface area (Å²) in [4.78, 5) is 12.1. The van der Waals surface area contributed by atoms with E-state index in [0.29, 0.717) is 12.3 Å². The van der Waals surface area contributed by atoms with Crippen molar-refractivity contribution in [2.75, 3.05) is 12.3 Å². The first kappa shape index (κ1) is 12.9. The van der Waals surface area contributed by atoms with E-state index in [1.165, 1.54) is 0 Å². The van der Waals surface area contributed by atoms with Crippen LogP contribution in [0.2, 0.25) is 0 Å². The Kier molecular flexibility index (Phi) is 3.87. The van der Waals surface area contributed by atoms with Crippen molar-refractivity contribution in [3.63, 3.8) is 0 Å². The van der Waals surface area contributed by atoms with Crippen LogP contribution in [0.4, 0.5) is 5.69 Å². The minimum Gasteiger partial charge on any atom is -0.398 e. The molecule has 18 heavy (non-hydrogen) atoms. The summed E-state index contributed by atoms with van der Waals surface area (Å²) in [6, 6.07) is 7.47. The number of carbonyl (C=O) groups excluding carboxylic acids is 1. The van der Waals surface area contributed by atoms with Crippen molar-refractivity contribution >= 4 is 11.6 Å². The van der Waals surface area contributed by atoms with Crippen molar-refractivity contribution in [3.05, 3.63) is 29.8 Å². The second-order valence-corrected chi connectivity index (χ2v) is 4.92. The van der Waals surface area contributed by atoms with Crippen LogP contribution in [0.25, 0.3) is 0 Å². The van der Waals surface area contributed by atoms with Gasteiger partial charge in [-0.2, -0.15) is 0 Å². The highest BCUT2D eigenvalue weighted by Gasteiger charge is 2.31. The van der Waals surface area contributed by atoms with Crippen molar-refractivity contribution in [1.82, 2.24) is 5.32 Å². The third-order valence-electron chi connectivity index (χ3n) is 3.47. The molecule has 4 heteroatoms. The number of hydrogen-bond acceptors (Lipinski definition) is 3. The highest BCUT2D eigenvalue weighted by atomic mass is 16.5. The minimum atomic E-state index is -0.322. The summed E-state index contributed by atoms with van der Waals surface area (Å²) in [5.74, 6) is 0.237. The molecule has 1 heterocycles. The van der Waals surface area contributed by atoms with Gasteiger partial charge in [-0.25, -0.2) is 0 Å². The maximum Gasteiger partial charge on any atom is 0.249 e. The molecular formula is C14H20N2O2. The highest BCUT2D eigenvalue weighted by Crippen LogP contribution is 2.23. The lowest BCUT2D eigenvalue weighted by molar-refractivity contribution is -0.132. The van der Waals surface area contributed by atoms with E-state index in [2.05, 4.69) is 5.32 Å². The van der Waals surface area contributed by atoms with Gasteiger partial charge in [-0.3, -0.25) is 4.79 Å². The van der Waals surface area contributed by atoms with E-state index in [0.717, 1.165) is 12.0 Å². The van der Waals surface area contributed by atoms with Crippen LogP contribution in [0.3, 0.4) is 0 Å². The van der Waals surface area contributed by atoms with Crippen molar-refractivity contribution in [1.29, 1.82) is 0 Å². The van der Waals surface area contributed by atoms with Crippen LogP contribution in [-0.4, -0.2) is 18.6 Å². The Morgan fingerprint density at radius 3 is 2.83 bits per heavy atom. The molecule has 0 saturated carbocycles. The highest BCUT2D eigenvalue weighted by molar-refractivity contribution is 5.82. The molecule has 1 fully saturated rings. The van der Waals surface area contributed by atoms with Gasteiger partial charge in [0.05, 0.1) is 6.04 Å². The fraction of sp³-hybridized carbons (Fsp3) is 0.500. The third-order valence-corrected chi connectivity index (χ3v) is 3.47. The summed E-state index contributed by atoms with van der Waals surface area (Å²) in [6.07, 6.45) is 0.623. The van der Waals surface area contributed by atoms with E-state index >= 15 is 0 Å². The lowest BCUT2D eigenvalue weighted by Gasteiger charge is -2.20. The summed E-state index contributed by atoms with van der Waals surface area (Å²) >= 11 is 0. The Hall–Kier alpha value is -1.55. The first-order valence-corrected chi connectivity index (χ1v) is 6.36. The Balaban J connectivity index is 2.01. The van der Waals surface area contributed by atoms with Crippen molar-refractivity contribution in [2.24, 2.45) is 5.92 Å². The molecule has 2 rings (SSSR count). The smallest absolute Gasteiger partial charge is 0.249 e. The SMILES string of the molecule is CC(NC(=O)C1OCCC1C)c1ccccc1N. The van der Waals surface area contributed by atoms with Crippen LogP contribution in [0.1, 0.15) is 31.9 Å². The number of benzene rings is 1. The van der Waals surface area contributed by atoms with Crippen molar-refractivity contribution in [3.8, 4) is 0 Å². The Morgan fingerprint density at radius 2 is 2.22 bits per heavy atom. The Morgan fingerprint density at radius 1 is 1.50 bits per heavy atom. The molecule has 4 nitrogen and oxygen atoms in total. The standard InChI is InChI=1S/C14H20N2O2/c1-9-7-8-18-13(9)14(17)16-10(2)11-5-3-4-6-12(11)15/h3-6,9-10,13H,7-8,15H2,1-2H3,(H,16,17). The van der Waals surface area contributed by atoms with Crippen LogP contribution in [0.15, 0.2) is 24.3 Å². The van der Waals surface area contributed by atoms with E-state index in [4.69, 9.17) is 10.5 Å². The average molecular weight is 248 g/mol. The molecule has 0 spiro atoms. The minimum absolute atomic E-state index is 0.0456. The number of carbonyl (C=O) groups is 1. The number of hydrogen-bond donors (Lipinski definition) is 2. The van der Waals surface area contributed by atoms with Crippen LogP contribution in [0, 0.1) is 5.92 Å². The number of nitrogens with two attached hydrogens (primary N) is 1. The molecule has 1 aliphatic rings. The van der Waals surface area contributed by atoms with Crippen LogP contribution >= 0.6 is 0 Å². The molecule has 0 bridgehead atoms. The topological polar surface area (TPSA) is 64.3 Å². The zero-order chi connectivity index (χ0) is 13.1. The predicted octanol–water partition coefficient (Wildman–Crippen LogP) is 1.87. The molecule has 1 saturated heterocycles. The van der Waals surface area contributed by atoms with E-state index in [9.17, 15) is 4.79 Å². The molecule has 3 unspecified atom stereocenters. The van der Waals surface area contributed by atoms with E-state index in [-0.39, 0.29) is 24.0 Å². The van der Waals surface area contributed by atoms with E-state index in [1.54, 1.807) is 0 Å². The first-order chi connectivity index (χ1) is 8.59. The molecular weight excluding hydrogens is 228 g/mol. The molecule has 0 aromatic heterocycles. The van der Waals surface area contributed by atoms with E-state index < -0.39 is 0 Å². The fourth-order valence-corrected chi connectivity index (χ4v) is 2.31. The van der Waals surface area contributed by atoms with Crippen LogP contribution in [-0.2, 0) is 9.53 Å². The van der Waals surface area contributed by atoms with Gasteiger partial charge in [-0.05, 0) is 30.9 Å². The summed E-state index contributed by atoms with van der Waals surface area (Å²) < 4.78 is 5.45. The normalized spacial score (nSPS) is 24.8. The lowest BCUT2D eigenvalue weighted by atomic mass is 10.0. The van der Waals surface area contributed by atoms with E-state index in [1.807, 2.05) is 38.1 Å². The largest absolute Gasteiger partial charge is 0.398 e. The van der Waals surface area contributed by atoms with Gasteiger partial charge in [0.1, 0.15) is 6.10 Å². The van der Waals surface area contributed by atoms with Crippen LogP contribution in [0.5, 0.6) is 0 Å². The number of anilines is 1. The van der Waals surface area contributed by atoms with Gasteiger partial charge in [0, 0.05) is 12.3 Å². The van der Waals surface area contributed by atoms with Gasteiger partial charge in [0.15, 0.2) is 0 Å². The quantitative estimate of drug-likeness (QED) is 0.803. The maximum atomic E-state index is 12.1. The number of para-hydroxylation sites is 1. The molecule has 1 aliphatic heterocycles. The summed E-state index contributed by atoms with van der Waals surface area (Å²) in [6.45, 7) is 4.64. The molecule has 3 N–H and O–H groups in total. The number of rotatable bonds is 3. The van der Waals surface area contributed by atoms with Gasteiger partial charge in [0.2, 0.25) is 5.91 Å². The summed E-state index contributed by atoms with van der Waals surface area (Å²) in [7, 11) is 0. The van der Waals surface area contributed by atoms with Crippen molar-refractivity contribution < 1.29 is 9.53 Å². The fourth-order valence-electron chi connectivity index (χ4n) is 2.31. The predicted molar refractivity (Wildman–Crippen MR) is 70.9 cm³/mol. The first-order valence-electron chi connectivity index (χ1n) is 6.36. The maximum absolute atomic E-state index is 12.1. The second-order valence-electron chi connectivity index (χ2n) is 4.92. The third kappa shape index (κ3) is 2.64. The van der Waals surface area contributed by atoms with Gasteiger partial charge in [0.25, 0.3) is 0 Å². The summed E-state index contributed by atoms with van der Waals surface area (Å²) in [5.41, 5.74) is 7.54. The number of nitrogen functional groups attached to an aromatic ring is 1. The van der Waals surface area contributed by atoms with Gasteiger partial charge in [-0.1, -0.05) is 25.1 Å². The Labute approximate surface area is 108 Å². The molecule has 98 valence electrons. The number of amides is 1. The molecule has 1 aromatic rings. The van der Waals surface area contributed by atoms with Gasteiger partial charge in [-0.15, -0.1) is 0 Å². The number of nitrogens with one attached hydrogen (secondary N) is 1.